The summed E-state index contributed by atoms with van der Waals surface area (Å²) in [6.07, 6.45) is 5.09. The topological polar surface area (TPSA) is 15.6 Å². The van der Waals surface area contributed by atoms with Crippen LogP contribution in [0.15, 0.2) is 4.99 Å². The fourth-order valence-corrected chi connectivity index (χ4v) is 4.11. The number of nitrogens with zero attached hydrogens (tertiary/aromatic N) is 2. The van der Waals surface area contributed by atoms with E-state index in [1.54, 1.807) is 22.1 Å². The Morgan fingerprint density at radius 2 is 2.40 bits per heavy atom. The summed E-state index contributed by atoms with van der Waals surface area (Å²) in [7, 11) is 0. The second kappa shape index (κ2) is 3.65. The van der Waals surface area contributed by atoms with Crippen LogP contribution in [0.4, 0.5) is 5.00 Å². The molecule has 1 aliphatic carbocycles. The lowest BCUT2D eigenvalue weighted by molar-refractivity contribution is 0.630. The van der Waals surface area contributed by atoms with E-state index in [9.17, 15) is 0 Å². The monoisotopic (exact) mass is 260 g/mol. The maximum atomic E-state index is 6.37. The highest BCUT2D eigenvalue weighted by Gasteiger charge is 2.28. The van der Waals surface area contributed by atoms with E-state index in [1.807, 2.05) is 0 Å². The van der Waals surface area contributed by atoms with Gasteiger partial charge in [0, 0.05) is 22.2 Å². The van der Waals surface area contributed by atoms with E-state index in [2.05, 4.69) is 4.99 Å². The molecule has 2 aliphatic rings. The van der Waals surface area contributed by atoms with Crippen LogP contribution in [0.3, 0.4) is 0 Å². The minimum absolute atomic E-state index is 0.159. The van der Waals surface area contributed by atoms with Crippen molar-refractivity contribution in [1.29, 1.82) is 0 Å². The molecule has 1 aromatic heterocycles. The first-order valence-electron chi connectivity index (χ1n) is 5.01. The van der Waals surface area contributed by atoms with Gasteiger partial charge in [-0.15, -0.1) is 22.9 Å². The molecule has 80 valence electrons. The van der Waals surface area contributed by atoms with E-state index in [1.165, 1.54) is 22.4 Å². The molecule has 0 saturated carbocycles. The Balaban J connectivity index is 2.13. The number of thiophene rings is 1. The maximum Gasteiger partial charge on any atom is 0.123 e. The van der Waals surface area contributed by atoms with E-state index >= 15 is 0 Å². The van der Waals surface area contributed by atoms with Crippen LogP contribution in [-0.4, -0.2) is 10.8 Å². The highest BCUT2D eigenvalue weighted by atomic mass is 35.5. The molecule has 0 bridgehead atoms. The maximum absolute atomic E-state index is 6.37. The van der Waals surface area contributed by atoms with Crippen molar-refractivity contribution >= 4 is 46.1 Å². The number of hydrogen-bond donors (Lipinski definition) is 0. The van der Waals surface area contributed by atoms with Crippen molar-refractivity contribution < 1.29 is 0 Å². The predicted octanol–water partition coefficient (Wildman–Crippen LogP) is 3.99. The first-order valence-corrected chi connectivity index (χ1v) is 6.60. The zero-order valence-corrected chi connectivity index (χ0v) is 10.4. The quantitative estimate of drug-likeness (QED) is 0.509. The third-order valence-electron chi connectivity index (χ3n) is 2.89. The molecule has 0 fully saturated rings. The Morgan fingerprint density at radius 3 is 3.27 bits per heavy atom. The van der Waals surface area contributed by atoms with Gasteiger partial charge >= 0.3 is 0 Å². The largest absolute Gasteiger partial charge is 0.270 e. The summed E-state index contributed by atoms with van der Waals surface area (Å²) in [6, 6.07) is 0. The Bertz CT molecular complexity index is 427. The minimum atomic E-state index is 0.159. The SMILES string of the molecule is ClC1CCCc2sc3c(c21)CN(Cl)C=N3. The van der Waals surface area contributed by atoms with E-state index < -0.39 is 0 Å². The van der Waals surface area contributed by atoms with Gasteiger partial charge in [0.15, 0.2) is 0 Å². The van der Waals surface area contributed by atoms with Gasteiger partial charge in [0.05, 0.1) is 11.9 Å². The predicted molar refractivity (Wildman–Crippen MR) is 65.4 cm³/mol. The zero-order valence-electron chi connectivity index (χ0n) is 8.04. The van der Waals surface area contributed by atoms with Crippen LogP contribution in [0.2, 0.25) is 0 Å². The molecule has 0 N–H and O–H groups in total. The summed E-state index contributed by atoms with van der Waals surface area (Å²) in [5, 5.41) is 1.26. The normalized spacial score (nSPS) is 23.9. The van der Waals surface area contributed by atoms with Crippen LogP contribution in [0, 0.1) is 0 Å². The Hall–Kier alpha value is -0.250. The highest BCUT2D eigenvalue weighted by Crippen LogP contribution is 2.47. The molecule has 1 atom stereocenters. The number of aliphatic imine (C=N–C) groups is 1. The van der Waals surface area contributed by atoms with Crippen molar-refractivity contribution in [2.75, 3.05) is 0 Å². The van der Waals surface area contributed by atoms with Crippen LogP contribution in [0.25, 0.3) is 0 Å². The van der Waals surface area contributed by atoms with E-state index in [0.717, 1.165) is 24.4 Å². The second-order valence-electron chi connectivity index (χ2n) is 3.88. The lowest BCUT2D eigenvalue weighted by atomic mass is 9.95. The van der Waals surface area contributed by atoms with Crippen LogP contribution in [0.5, 0.6) is 0 Å². The van der Waals surface area contributed by atoms with Crippen molar-refractivity contribution in [3.8, 4) is 0 Å². The number of aryl methyl sites for hydroxylation is 1. The summed E-state index contributed by atoms with van der Waals surface area (Å²) in [5.41, 5.74) is 2.55. The van der Waals surface area contributed by atoms with Crippen molar-refractivity contribution in [2.24, 2.45) is 4.99 Å². The van der Waals surface area contributed by atoms with E-state index in [4.69, 9.17) is 23.4 Å². The van der Waals surface area contributed by atoms with Gasteiger partial charge in [-0.3, -0.25) is 4.42 Å². The molecule has 0 amide bonds. The second-order valence-corrected chi connectivity index (χ2v) is 5.93. The standard InChI is InChI=1S/C10H10Cl2N2S/c11-7-2-1-3-8-9(7)6-4-14(12)5-13-10(6)15-8/h5,7H,1-4H2. The molecule has 1 aromatic rings. The number of alkyl halides is 1. The number of fused-ring (bicyclic) bond motifs is 3. The summed E-state index contributed by atoms with van der Waals surface area (Å²) in [4.78, 5) is 5.75. The van der Waals surface area contributed by atoms with Crippen molar-refractivity contribution in [3.63, 3.8) is 0 Å². The molecule has 0 aromatic carbocycles. The lowest BCUT2D eigenvalue weighted by Crippen LogP contribution is -2.14. The number of halogens is 2. The van der Waals surface area contributed by atoms with Crippen LogP contribution in [-0.2, 0) is 13.0 Å². The molecule has 15 heavy (non-hydrogen) atoms. The van der Waals surface area contributed by atoms with Crippen LogP contribution in [0.1, 0.15) is 34.2 Å². The van der Waals surface area contributed by atoms with Gasteiger partial charge in [-0.1, -0.05) is 0 Å². The van der Waals surface area contributed by atoms with Gasteiger partial charge in [-0.25, -0.2) is 4.99 Å². The fraction of sp³-hybridized carbons (Fsp3) is 0.500. The number of hydrogen-bond acceptors (Lipinski definition) is 3. The molecule has 3 rings (SSSR count). The van der Waals surface area contributed by atoms with Crippen molar-refractivity contribution in [3.05, 3.63) is 16.0 Å². The van der Waals surface area contributed by atoms with Gasteiger partial charge in [0.2, 0.25) is 0 Å². The molecule has 0 saturated heterocycles. The summed E-state index contributed by atoms with van der Waals surface area (Å²) >= 11 is 14.1. The van der Waals surface area contributed by atoms with Crippen molar-refractivity contribution in [1.82, 2.24) is 4.42 Å². The lowest BCUT2D eigenvalue weighted by Gasteiger charge is -2.21. The first kappa shape index (κ1) is 9.94. The Morgan fingerprint density at radius 1 is 1.53 bits per heavy atom. The third kappa shape index (κ3) is 1.57. The molecular weight excluding hydrogens is 251 g/mol. The summed E-state index contributed by atoms with van der Waals surface area (Å²) in [5.74, 6) is 0. The molecule has 1 unspecified atom stereocenters. The zero-order chi connectivity index (χ0) is 10.4. The minimum Gasteiger partial charge on any atom is -0.270 e. The van der Waals surface area contributed by atoms with Crippen LogP contribution >= 0.6 is 34.7 Å². The molecule has 0 spiro atoms. The van der Waals surface area contributed by atoms with E-state index in [-0.39, 0.29) is 5.38 Å². The molecule has 5 heteroatoms. The smallest absolute Gasteiger partial charge is 0.123 e. The van der Waals surface area contributed by atoms with Gasteiger partial charge in [-0.2, -0.15) is 0 Å². The first-order chi connectivity index (χ1) is 7.25. The Kier molecular flexibility index (Phi) is 2.42. The molecule has 2 heterocycles. The average molecular weight is 261 g/mol. The molecule has 2 nitrogen and oxygen atoms in total. The summed E-state index contributed by atoms with van der Waals surface area (Å²) < 4.78 is 1.59. The number of rotatable bonds is 0. The van der Waals surface area contributed by atoms with Gasteiger partial charge < -0.3 is 0 Å². The Labute approximate surface area is 103 Å². The van der Waals surface area contributed by atoms with Crippen molar-refractivity contribution in [2.45, 2.75) is 31.2 Å². The van der Waals surface area contributed by atoms with Gasteiger partial charge in [-0.05, 0) is 24.8 Å². The fourth-order valence-electron chi connectivity index (χ4n) is 2.22. The molecule has 0 radical (unpaired) electrons. The summed E-state index contributed by atoms with van der Waals surface area (Å²) in [6.45, 7) is 0.732. The highest BCUT2D eigenvalue weighted by molar-refractivity contribution is 7.16. The van der Waals surface area contributed by atoms with Crippen LogP contribution < -0.4 is 0 Å². The van der Waals surface area contributed by atoms with E-state index in [0.29, 0.717) is 0 Å². The average Bonchev–Trinajstić information content (AvgIpc) is 2.57. The third-order valence-corrected chi connectivity index (χ3v) is 4.75. The molecular formula is C10H10Cl2N2S. The molecule has 1 aliphatic heterocycles. The van der Waals surface area contributed by atoms with Gasteiger partial charge in [0.1, 0.15) is 11.3 Å². The van der Waals surface area contributed by atoms with Gasteiger partial charge in [0.25, 0.3) is 0 Å².